The number of fused-ring (bicyclic) bond motifs is 2. The van der Waals surface area contributed by atoms with E-state index in [2.05, 4.69) is 0 Å². The predicted octanol–water partition coefficient (Wildman–Crippen LogP) is 2.80. The second kappa shape index (κ2) is 5.41. The first kappa shape index (κ1) is 14.0. The number of hydrogen-bond acceptors (Lipinski definition) is 2. The largest absolute Gasteiger partial charge is 0.392 e. The zero-order chi connectivity index (χ0) is 14.3. The standard InChI is InChI=1S/C16H21F2NO/c17-12-5-11(6-13(18)7-12)15(8-19)16(20)14-4-9-1-2-10(14)3-9/h5-7,9-10,14-16,20H,1-4,8,19H2. The monoisotopic (exact) mass is 281 g/mol. The van der Waals surface area contributed by atoms with E-state index in [4.69, 9.17) is 5.73 Å². The van der Waals surface area contributed by atoms with Gasteiger partial charge in [-0.3, -0.25) is 0 Å². The summed E-state index contributed by atoms with van der Waals surface area (Å²) in [6.45, 7) is 0.206. The molecular weight excluding hydrogens is 260 g/mol. The fraction of sp³-hybridized carbons (Fsp3) is 0.625. The average Bonchev–Trinajstić information content (AvgIpc) is 3.00. The van der Waals surface area contributed by atoms with E-state index in [0.717, 1.165) is 18.4 Å². The first-order valence-electron chi connectivity index (χ1n) is 7.42. The first-order valence-corrected chi connectivity index (χ1v) is 7.42. The Morgan fingerprint density at radius 1 is 1.15 bits per heavy atom. The predicted molar refractivity (Wildman–Crippen MR) is 73.1 cm³/mol. The highest BCUT2D eigenvalue weighted by atomic mass is 19.1. The van der Waals surface area contributed by atoms with Crippen molar-refractivity contribution in [2.75, 3.05) is 6.54 Å². The molecule has 1 aromatic carbocycles. The van der Waals surface area contributed by atoms with Crippen LogP contribution < -0.4 is 5.73 Å². The number of aliphatic hydroxyl groups is 1. The summed E-state index contributed by atoms with van der Waals surface area (Å²) in [5.41, 5.74) is 6.24. The molecular formula is C16H21F2NO. The van der Waals surface area contributed by atoms with Crippen LogP contribution in [-0.4, -0.2) is 17.8 Å². The Balaban J connectivity index is 1.82. The van der Waals surface area contributed by atoms with Crippen molar-refractivity contribution in [2.24, 2.45) is 23.5 Å². The Bertz CT molecular complexity index is 473. The molecule has 0 aliphatic heterocycles. The van der Waals surface area contributed by atoms with Gasteiger partial charge < -0.3 is 10.8 Å². The van der Waals surface area contributed by atoms with Crippen molar-refractivity contribution < 1.29 is 13.9 Å². The van der Waals surface area contributed by atoms with Crippen LogP contribution in [0.4, 0.5) is 8.78 Å². The van der Waals surface area contributed by atoms with E-state index in [0.29, 0.717) is 11.5 Å². The lowest BCUT2D eigenvalue weighted by Gasteiger charge is -2.32. The number of halogens is 2. The molecule has 4 heteroatoms. The third kappa shape index (κ3) is 2.47. The molecule has 5 unspecified atom stereocenters. The van der Waals surface area contributed by atoms with Gasteiger partial charge in [-0.15, -0.1) is 0 Å². The molecule has 3 rings (SSSR count). The fourth-order valence-electron chi connectivity index (χ4n) is 4.27. The van der Waals surface area contributed by atoms with Gasteiger partial charge in [-0.1, -0.05) is 6.42 Å². The summed E-state index contributed by atoms with van der Waals surface area (Å²) in [6.07, 6.45) is 4.05. The molecule has 0 heterocycles. The lowest BCUT2D eigenvalue weighted by Crippen LogP contribution is -2.35. The Kier molecular flexibility index (Phi) is 3.78. The molecule has 110 valence electrons. The van der Waals surface area contributed by atoms with E-state index in [-0.39, 0.29) is 18.4 Å². The van der Waals surface area contributed by atoms with E-state index < -0.39 is 17.7 Å². The van der Waals surface area contributed by atoms with E-state index >= 15 is 0 Å². The smallest absolute Gasteiger partial charge is 0.126 e. The highest BCUT2D eigenvalue weighted by Crippen LogP contribution is 2.51. The summed E-state index contributed by atoms with van der Waals surface area (Å²) in [7, 11) is 0. The molecule has 3 N–H and O–H groups in total. The van der Waals surface area contributed by atoms with Crippen molar-refractivity contribution in [3.05, 3.63) is 35.4 Å². The van der Waals surface area contributed by atoms with Crippen molar-refractivity contribution in [3.63, 3.8) is 0 Å². The lowest BCUT2D eigenvalue weighted by molar-refractivity contribution is 0.0531. The highest BCUT2D eigenvalue weighted by Gasteiger charge is 2.44. The lowest BCUT2D eigenvalue weighted by atomic mass is 9.77. The number of hydrogen-bond donors (Lipinski definition) is 2. The third-order valence-electron chi connectivity index (χ3n) is 5.21. The van der Waals surface area contributed by atoms with Crippen molar-refractivity contribution >= 4 is 0 Å². The Labute approximate surface area is 118 Å². The van der Waals surface area contributed by atoms with Gasteiger partial charge in [0.05, 0.1) is 6.10 Å². The second-order valence-corrected chi connectivity index (χ2v) is 6.37. The Morgan fingerprint density at radius 3 is 2.35 bits per heavy atom. The van der Waals surface area contributed by atoms with E-state index in [1.165, 1.54) is 31.4 Å². The van der Waals surface area contributed by atoms with Crippen LogP contribution in [0.2, 0.25) is 0 Å². The van der Waals surface area contributed by atoms with Crippen molar-refractivity contribution in [1.29, 1.82) is 0 Å². The van der Waals surface area contributed by atoms with Crippen molar-refractivity contribution in [1.82, 2.24) is 0 Å². The molecule has 2 saturated carbocycles. The minimum Gasteiger partial charge on any atom is -0.392 e. The van der Waals surface area contributed by atoms with Crippen molar-refractivity contribution in [2.45, 2.75) is 37.7 Å². The van der Waals surface area contributed by atoms with Crippen LogP contribution in [0.1, 0.15) is 37.2 Å². The van der Waals surface area contributed by atoms with E-state index in [9.17, 15) is 13.9 Å². The summed E-state index contributed by atoms with van der Waals surface area (Å²) in [5, 5.41) is 10.6. The maximum absolute atomic E-state index is 13.4. The average molecular weight is 281 g/mol. The van der Waals surface area contributed by atoms with Gasteiger partial charge in [0, 0.05) is 18.5 Å². The SMILES string of the molecule is NCC(c1cc(F)cc(F)c1)C(O)C1CC2CCC1C2. The van der Waals surface area contributed by atoms with Gasteiger partial charge in [-0.2, -0.15) is 0 Å². The molecule has 2 nitrogen and oxygen atoms in total. The van der Waals surface area contributed by atoms with Crippen LogP contribution in [0.3, 0.4) is 0 Å². The van der Waals surface area contributed by atoms with Gasteiger partial charge in [-0.25, -0.2) is 8.78 Å². The van der Waals surface area contributed by atoms with Gasteiger partial charge >= 0.3 is 0 Å². The summed E-state index contributed by atoms with van der Waals surface area (Å²) in [6, 6.07) is 3.43. The first-order chi connectivity index (χ1) is 9.58. The summed E-state index contributed by atoms with van der Waals surface area (Å²) in [5.74, 6) is -0.0971. The zero-order valence-corrected chi connectivity index (χ0v) is 11.4. The Morgan fingerprint density at radius 2 is 1.85 bits per heavy atom. The van der Waals surface area contributed by atoms with E-state index in [1.54, 1.807) is 0 Å². The summed E-state index contributed by atoms with van der Waals surface area (Å²) >= 11 is 0. The summed E-state index contributed by atoms with van der Waals surface area (Å²) < 4.78 is 26.7. The molecule has 5 atom stereocenters. The summed E-state index contributed by atoms with van der Waals surface area (Å²) in [4.78, 5) is 0. The molecule has 1 aromatic rings. The fourth-order valence-corrected chi connectivity index (χ4v) is 4.27. The quantitative estimate of drug-likeness (QED) is 0.891. The van der Waals surface area contributed by atoms with Gasteiger partial charge in [0.1, 0.15) is 11.6 Å². The van der Waals surface area contributed by atoms with E-state index in [1.807, 2.05) is 0 Å². The normalized spacial score (nSPS) is 31.5. The van der Waals surface area contributed by atoms with Crippen LogP contribution in [0.25, 0.3) is 0 Å². The number of nitrogens with two attached hydrogens (primary N) is 1. The molecule has 2 aliphatic rings. The van der Waals surface area contributed by atoms with Crippen LogP contribution in [0.15, 0.2) is 18.2 Å². The topological polar surface area (TPSA) is 46.2 Å². The van der Waals surface area contributed by atoms with Crippen molar-refractivity contribution in [3.8, 4) is 0 Å². The molecule has 0 radical (unpaired) electrons. The van der Waals surface area contributed by atoms with Crippen LogP contribution in [0, 0.1) is 29.4 Å². The van der Waals surface area contributed by atoms with Crippen LogP contribution >= 0.6 is 0 Å². The van der Waals surface area contributed by atoms with Gasteiger partial charge in [-0.05, 0) is 54.7 Å². The van der Waals surface area contributed by atoms with Gasteiger partial charge in [0.15, 0.2) is 0 Å². The minimum atomic E-state index is -0.612. The minimum absolute atomic E-state index is 0.206. The number of rotatable bonds is 4. The molecule has 0 amide bonds. The number of aliphatic hydroxyl groups excluding tert-OH is 1. The maximum atomic E-state index is 13.4. The Hall–Kier alpha value is -1.00. The molecule has 20 heavy (non-hydrogen) atoms. The molecule has 0 aromatic heterocycles. The molecule has 2 fully saturated rings. The molecule has 2 bridgehead atoms. The van der Waals surface area contributed by atoms with Crippen LogP contribution in [0.5, 0.6) is 0 Å². The number of benzene rings is 1. The maximum Gasteiger partial charge on any atom is 0.126 e. The zero-order valence-electron chi connectivity index (χ0n) is 11.4. The molecule has 0 saturated heterocycles. The van der Waals surface area contributed by atoms with Gasteiger partial charge in [0.2, 0.25) is 0 Å². The highest BCUT2D eigenvalue weighted by molar-refractivity contribution is 5.24. The second-order valence-electron chi connectivity index (χ2n) is 6.37. The van der Waals surface area contributed by atoms with Crippen LogP contribution in [-0.2, 0) is 0 Å². The van der Waals surface area contributed by atoms with Gasteiger partial charge in [0.25, 0.3) is 0 Å². The molecule has 0 spiro atoms. The molecule has 2 aliphatic carbocycles. The third-order valence-corrected chi connectivity index (χ3v) is 5.21.